The lowest BCUT2D eigenvalue weighted by atomic mass is 9.57. The zero-order valence-electron chi connectivity index (χ0n) is 17.7. The van der Waals surface area contributed by atoms with E-state index in [0.717, 1.165) is 16.3 Å². The van der Waals surface area contributed by atoms with Crippen LogP contribution in [-0.2, 0) is 21.4 Å². The van der Waals surface area contributed by atoms with Gasteiger partial charge in [-0.15, -0.1) is 0 Å². The maximum Gasteiger partial charge on any atom is 0.323 e. The van der Waals surface area contributed by atoms with Crippen molar-refractivity contribution >= 4 is 16.7 Å². The molecule has 0 fully saturated rings. The van der Waals surface area contributed by atoms with Crippen molar-refractivity contribution in [2.75, 3.05) is 21.3 Å². The third-order valence-corrected chi connectivity index (χ3v) is 6.35. The number of carbonyl (C=O) groups excluding carboxylic acids is 1. The lowest BCUT2D eigenvalue weighted by Crippen LogP contribution is -2.59. The van der Waals surface area contributed by atoms with Gasteiger partial charge in [-0.1, -0.05) is 36.4 Å². The van der Waals surface area contributed by atoms with E-state index in [1.165, 1.54) is 7.11 Å². The van der Waals surface area contributed by atoms with Crippen molar-refractivity contribution in [3.05, 3.63) is 71.3 Å². The quantitative estimate of drug-likeness (QED) is 0.663. The molecule has 0 unspecified atom stereocenters. The van der Waals surface area contributed by atoms with Gasteiger partial charge in [-0.3, -0.25) is 4.79 Å². The molecule has 0 spiro atoms. The minimum Gasteiger partial charge on any atom is -0.497 e. The zero-order chi connectivity index (χ0) is 21.5. The molecule has 1 N–H and O–H groups in total. The Labute approximate surface area is 176 Å². The molecule has 0 heterocycles. The molecule has 0 aromatic heterocycles. The van der Waals surface area contributed by atoms with Gasteiger partial charge in [0.1, 0.15) is 16.9 Å². The number of fused-ring (bicyclic) bond motifs is 2. The van der Waals surface area contributed by atoms with Crippen LogP contribution in [0.5, 0.6) is 11.5 Å². The molecule has 0 bridgehead atoms. The van der Waals surface area contributed by atoms with E-state index in [0.29, 0.717) is 35.5 Å². The molecule has 156 valence electrons. The van der Waals surface area contributed by atoms with Crippen LogP contribution in [-0.4, -0.2) is 38.0 Å². The standard InChI is InChI=1S/C25H26O5/c1-24(27)12-11-18-14-20(28-2)15-21(29-3)22(18)25(24,23(26)30-4)19-10-9-16-7-5-6-8-17(16)13-19/h5-10,13-15,27H,11-12H2,1-4H3/t24-,25-/m0/s1. The van der Waals surface area contributed by atoms with Crippen LogP contribution in [0.25, 0.3) is 10.8 Å². The summed E-state index contributed by atoms with van der Waals surface area (Å²) in [4.78, 5) is 13.6. The summed E-state index contributed by atoms with van der Waals surface area (Å²) in [6, 6.07) is 17.4. The minimum absolute atomic E-state index is 0.387. The Kier molecular flexibility index (Phi) is 4.94. The van der Waals surface area contributed by atoms with Crippen LogP contribution in [0, 0.1) is 0 Å². The number of rotatable bonds is 4. The predicted octanol–water partition coefficient (Wildman–Crippen LogP) is 4.01. The fourth-order valence-electron chi connectivity index (χ4n) is 4.85. The summed E-state index contributed by atoms with van der Waals surface area (Å²) in [5.74, 6) is 0.611. The number of carbonyl (C=O) groups is 1. The Morgan fingerprint density at radius 2 is 1.70 bits per heavy atom. The fourth-order valence-corrected chi connectivity index (χ4v) is 4.85. The monoisotopic (exact) mass is 406 g/mol. The van der Waals surface area contributed by atoms with Gasteiger partial charge in [-0.25, -0.2) is 0 Å². The Balaban J connectivity index is 2.13. The average molecular weight is 406 g/mol. The van der Waals surface area contributed by atoms with Crippen LogP contribution in [0.15, 0.2) is 54.6 Å². The number of esters is 1. The maximum absolute atomic E-state index is 13.6. The Hall–Kier alpha value is -3.05. The molecule has 30 heavy (non-hydrogen) atoms. The summed E-state index contributed by atoms with van der Waals surface area (Å²) in [6.45, 7) is 1.70. The molecule has 0 amide bonds. The summed E-state index contributed by atoms with van der Waals surface area (Å²) in [5, 5.41) is 13.8. The van der Waals surface area contributed by atoms with Crippen molar-refractivity contribution in [3.8, 4) is 11.5 Å². The van der Waals surface area contributed by atoms with E-state index in [1.54, 1.807) is 27.2 Å². The van der Waals surface area contributed by atoms with Gasteiger partial charge in [0.15, 0.2) is 0 Å². The van der Waals surface area contributed by atoms with E-state index in [1.807, 2.05) is 48.5 Å². The van der Waals surface area contributed by atoms with Crippen molar-refractivity contribution < 1.29 is 24.1 Å². The summed E-state index contributed by atoms with van der Waals surface area (Å²) < 4.78 is 16.5. The first-order chi connectivity index (χ1) is 14.4. The van der Waals surface area contributed by atoms with E-state index in [4.69, 9.17) is 14.2 Å². The Bertz CT molecular complexity index is 1100. The van der Waals surface area contributed by atoms with E-state index in [-0.39, 0.29) is 0 Å². The van der Waals surface area contributed by atoms with E-state index >= 15 is 0 Å². The number of benzene rings is 3. The van der Waals surface area contributed by atoms with Crippen LogP contribution in [0.1, 0.15) is 30.0 Å². The largest absolute Gasteiger partial charge is 0.497 e. The zero-order valence-corrected chi connectivity index (χ0v) is 17.7. The van der Waals surface area contributed by atoms with Crippen molar-refractivity contribution in [1.29, 1.82) is 0 Å². The Morgan fingerprint density at radius 1 is 0.967 bits per heavy atom. The number of ether oxygens (including phenoxy) is 3. The van der Waals surface area contributed by atoms with Crippen LogP contribution >= 0.6 is 0 Å². The highest BCUT2D eigenvalue weighted by Crippen LogP contribution is 2.54. The number of hydrogen-bond acceptors (Lipinski definition) is 5. The molecular weight excluding hydrogens is 380 g/mol. The van der Waals surface area contributed by atoms with Crippen molar-refractivity contribution in [2.45, 2.75) is 30.8 Å². The summed E-state index contributed by atoms with van der Waals surface area (Å²) in [7, 11) is 4.50. The summed E-state index contributed by atoms with van der Waals surface area (Å²) >= 11 is 0. The van der Waals surface area contributed by atoms with Crippen molar-refractivity contribution in [3.63, 3.8) is 0 Å². The highest BCUT2D eigenvalue weighted by molar-refractivity contribution is 5.94. The molecule has 4 rings (SSSR count). The summed E-state index contributed by atoms with van der Waals surface area (Å²) in [6.07, 6.45) is 0.973. The van der Waals surface area contributed by atoms with Gasteiger partial charge in [-0.05, 0) is 53.8 Å². The first-order valence-electron chi connectivity index (χ1n) is 9.94. The topological polar surface area (TPSA) is 65.0 Å². The third kappa shape index (κ3) is 2.76. The normalized spacial score (nSPS) is 23.0. The third-order valence-electron chi connectivity index (χ3n) is 6.35. The van der Waals surface area contributed by atoms with Crippen LogP contribution in [0.2, 0.25) is 0 Å². The molecule has 0 saturated carbocycles. The molecule has 1 aliphatic carbocycles. The molecule has 3 aromatic rings. The van der Waals surface area contributed by atoms with E-state index in [2.05, 4.69) is 0 Å². The molecule has 0 saturated heterocycles. The fraction of sp³-hybridized carbons (Fsp3) is 0.320. The first kappa shape index (κ1) is 20.2. The molecule has 5 nitrogen and oxygen atoms in total. The van der Waals surface area contributed by atoms with Crippen LogP contribution in [0.3, 0.4) is 0 Å². The van der Waals surface area contributed by atoms with Gasteiger partial charge in [0.2, 0.25) is 0 Å². The number of hydrogen-bond donors (Lipinski definition) is 1. The van der Waals surface area contributed by atoms with Crippen LogP contribution < -0.4 is 9.47 Å². The maximum atomic E-state index is 13.6. The second-order valence-electron chi connectivity index (χ2n) is 7.94. The molecule has 0 radical (unpaired) electrons. The predicted molar refractivity (Wildman–Crippen MR) is 115 cm³/mol. The second kappa shape index (κ2) is 7.33. The lowest BCUT2D eigenvalue weighted by Gasteiger charge is -2.48. The first-order valence-corrected chi connectivity index (χ1v) is 9.94. The number of aliphatic hydroxyl groups is 1. The Morgan fingerprint density at radius 3 is 2.37 bits per heavy atom. The van der Waals surface area contributed by atoms with Gasteiger partial charge in [0, 0.05) is 11.6 Å². The van der Waals surface area contributed by atoms with Gasteiger partial charge in [-0.2, -0.15) is 0 Å². The van der Waals surface area contributed by atoms with E-state index < -0.39 is 17.0 Å². The number of methoxy groups -OCH3 is 3. The molecule has 2 atom stereocenters. The molecule has 3 aromatic carbocycles. The van der Waals surface area contributed by atoms with Gasteiger partial charge >= 0.3 is 5.97 Å². The molecule has 5 heteroatoms. The van der Waals surface area contributed by atoms with Crippen molar-refractivity contribution in [2.24, 2.45) is 0 Å². The number of aryl methyl sites for hydroxylation is 1. The molecular formula is C25H26O5. The van der Waals surface area contributed by atoms with Crippen LogP contribution in [0.4, 0.5) is 0 Å². The van der Waals surface area contributed by atoms with E-state index in [9.17, 15) is 9.90 Å². The van der Waals surface area contributed by atoms with Gasteiger partial charge in [0.05, 0.1) is 26.9 Å². The van der Waals surface area contributed by atoms with Crippen molar-refractivity contribution in [1.82, 2.24) is 0 Å². The van der Waals surface area contributed by atoms with Gasteiger partial charge < -0.3 is 19.3 Å². The SMILES string of the molecule is COC(=O)[C@]1(c2ccc3ccccc3c2)c2c(cc(OC)cc2OC)CC[C@]1(C)O. The highest BCUT2D eigenvalue weighted by atomic mass is 16.5. The minimum atomic E-state index is -1.45. The van der Waals surface area contributed by atoms with Gasteiger partial charge in [0.25, 0.3) is 0 Å². The highest BCUT2D eigenvalue weighted by Gasteiger charge is 2.60. The lowest BCUT2D eigenvalue weighted by molar-refractivity contribution is -0.157. The molecule has 1 aliphatic rings. The average Bonchev–Trinajstić information content (AvgIpc) is 2.77. The second-order valence-corrected chi connectivity index (χ2v) is 7.94. The smallest absolute Gasteiger partial charge is 0.323 e. The summed E-state index contributed by atoms with van der Waals surface area (Å²) in [5.41, 5.74) is -0.642. The molecule has 0 aliphatic heterocycles.